The molecule has 1 N–H and O–H groups in total. The summed E-state index contributed by atoms with van der Waals surface area (Å²) < 4.78 is 1.93. The first-order valence-electron chi connectivity index (χ1n) is 9.41. The highest BCUT2D eigenvalue weighted by molar-refractivity contribution is 7.99. The summed E-state index contributed by atoms with van der Waals surface area (Å²) in [7, 11) is 1.97. The maximum absolute atomic E-state index is 13.0. The summed E-state index contributed by atoms with van der Waals surface area (Å²) in [5, 5.41) is 8.28. The summed E-state index contributed by atoms with van der Waals surface area (Å²) in [5.41, 5.74) is 4.37. The van der Waals surface area contributed by atoms with E-state index in [-0.39, 0.29) is 5.91 Å². The van der Waals surface area contributed by atoms with E-state index in [4.69, 9.17) is 0 Å². The van der Waals surface area contributed by atoms with Gasteiger partial charge in [-0.2, -0.15) is 16.9 Å². The average Bonchev–Trinajstić information content (AvgIpc) is 3.03. The van der Waals surface area contributed by atoms with Gasteiger partial charge in [-0.1, -0.05) is 30.3 Å². The van der Waals surface area contributed by atoms with Gasteiger partial charge in [-0.25, -0.2) is 0 Å². The van der Waals surface area contributed by atoms with Gasteiger partial charge in [-0.05, 0) is 24.8 Å². The molecule has 2 aliphatic rings. The van der Waals surface area contributed by atoms with Crippen molar-refractivity contribution < 1.29 is 4.79 Å². The quantitative estimate of drug-likeness (QED) is 0.897. The SMILES string of the molecule is Cn1nc(C(=O)N2CCSCC2)c2c1CC[C@H](NCc1ccccc1)C2. The van der Waals surface area contributed by atoms with Gasteiger partial charge in [0.2, 0.25) is 0 Å². The van der Waals surface area contributed by atoms with Crippen molar-refractivity contribution in [3.63, 3.8) is 0 Å². The van der Waals surface area contributed by atoms with Crippen molar-refractivity contribution in [3.8, 4) is 0 Å². The molecule has 1 aliphatic heterocycles. The Morgan fingerprint density at radius 3 is 2.81 bits per heavy atom. The van der Waals surface area contributed by atoms with E-state index in [1.807, 2.05) is 34.5 Å². The van der Waals surface area contributed by atoms with E-state index in [9.17, 15) is 4.79 Å². The third kappa shape index (κ3) is 3.67. The third-order valence-corrected chi connectivity index (χ3v) is 6.34. The van der Waals surface area contributed by atoms with Gasteiger partial charge in [-0.3, -0.25) is 9.48 Å². The minimum Gasteiger partial charge on any atom is -0.336 e. The number of rotatable bonds is 4. The fourth-order valence-electron chi connectivity index (χ4n) is 3.91. The number of fused-ring (bicyclic) bond motifs is 1. The lowest BCUT2D eigenvalue weighted by Crippen LogP contribution is -2.39. The summed E-state index contributed by atoms with van der Waals surface area (Å²) >= 11 is 1.92. The number of carbonyl (C=O) groups excluding carboxylic acids is 1. The molecule has 1 atom stereocenters. The van der Waals surface area contributed by atoms with Gasteiger partial charge in [0, 0.05) is 55.5 Å². The predicted molar refractivity (Wildman–Crippen MR) is 106 cm³/mol. The van der Waals surface area contributed by atoms with Crippen molar-refractivity contribution in [2.45, 2.75) is 31.8 Å². The van der Waals surface area contributed by atoms with E-state index in [1.54, 1.807) is 0 Å². The van der Waals surface area contributed by atoms with Crippen LogP contribution in [0, 0.1) is 0 Å². The lowest BCUT2D eigenvalue weighted by molar-refractivity contribution is 0.0764. The van der Waals surface area contributed by atoms with Crippen molar-refractivity contribution >= 4 is 17.7 Å². The summed E-state index contributed by atoms with van der Waals surface area (Å²) in [6.07, 6.45) is 2.96. The van der Waals surface area contributed by atoms with Crippen LogP contribution in [0.25, 0.3) is 0 Å². The monoisotopic (exact) mass is 370 g/mol. The molecule has 2 heterocycles. The van der Waals surface area contributed by atoms with Crippen LogP contribution in [0.15, 0.2) is 30.3 Å². The molecule has 1 fully saturated rings. The van der Waals surface area contributed by atoms with E-state index in [2.05, 4.69) is 34.7 Å². The van der Waals surface area contributed by atoms with Gasteiger partial charge in [0.1, 0.15) is 0 Å². The Labute approximate surface area is 159 Å². The molecule has 1 amide bonds. The Bertz CT molecular complexity index is 768. The summed E-state index contributed by atoms with van der Waals surface area (Å²) in [4.78, 5) is 15.0. The summed E-state index contributed by atoms with van der Waals surface area (Å²) in [6.45, 7) is 2.54. The molecular weight excluding hydrogens is 344 g/mol. The Hall–Kier alpha value is -1.79. The van der Waals surface area contributed by atoms with E-state index in [1.165, 1.54) is 11.3 Å². The average molecular weight is 371 g/mol. The number of thioether (sulfide) groups is 1. The van der Waals surface area contributed by atoms with Gasteiger partial charge >= 0.3 is 0 Å². The molecule has 1 aliphatic carbocycles. The van der Waals surface area contributed by atoms with Crippen molar-refractivity contribution in [2.75, 3.05) is 24.6 Å². The van der Waals surface area contributed by atoms with E-state index < -0.39 is 0 Å². The van der Waals surface area contributed by atoms with Gasteiger partial charge in [-0.15, -0.1) is 0 Å². The highest BCUT2D eigenvalue weighted by Crippen LogP contribution is 2.26. The first-order chi connectivity index (χ1) is 12.7. The first-order valence-corrected chi connectivity index (χ1v) is 10.6. The van der Waals surface area contributed by atoms with Crippen LogP contribution in [0.5, 0.6) is 0 Å². The lowest BCUT2D eigenvalue weighted by atomic mass is 9.91. The molecule has 0 bridgehead atoms. The molecule has 5 nitrogen and oxygen atoms in total. The molecule has 138 valence electrons. The van der Waals surface area contributed by atoms with Crippen LogP contribution in [-0.2, 0) is 26.4 Å². The molecule has 26 heavy (non-hydrogen) atoms. The fourth-order valence-corrected chi connectivity index (χ4v) is 4.81. The molecule has 0 spiro atoms. The fraction of sp³-hybridized carbons (Fsp3) is 0.500. The molecule has 1 saturated heterocycles. The van der Waals surface area contributed by atoms with Crippen LogP contribution in [0.1, 0.15) is 33.7 Å². The van der Waals surface area contributed by atoms with Crippen molar-refractivity contribution in [2.24, 2.45) is 7.05 Å². The highest BCUT2D eigenvalue weighted by Gasteiger charge is 2.30. The lowest BCUT2D eigenvalue weighted by Gasteiger charge is -2.27. The maximum atomic E-state index is 13.0. The number of aryl methyl sites for hydroxylation is 1. The minimum absolute atomic E-state index is 0.117. The van der Waals surface area contributed by atoms with Gasteiger partial charge in [0.05, 0.1) is 0 Å². The number of hydrogen-bond donors (Lipinski definition) is 1. The molecule has 6 heteroatoms. The van der Waals surface area contributed by atoms with Gasteiger partial charge < -0.3 is 10.2 Å². The molecule has 1 aromatic heterocycles. The van der Waals surface area contributed by atoms with Crippen LogP contribution >= 0.6 is 11.8 Å². The van der Waals surface area contributed by atoms with Crippen LogP contribution in [0.3, 0.4) is 0 Å². The van der Waals surface area contributed by atoms with E-state index in [0.717, 1.165) is 56.0 Å². The van der Waals surface area contributed by atoms with Crippen LogP contribution < -0.4 is 5.32 Å². The van der Waals surface area contributed by atoms with E-state index in [0.29, 0.717) is 11.7 Å². The number of carbonyl (C=O) groups is 1. The molecule has 2 aromatic rings. The first kappa shape index (κ1) is 17.6. The highest BCUT2D eigenvalue weighted by atomic mass is 32.2. The Morgan fingerprint density at radius 1 is 1.27 bits per heavy atom. The number of nitrogens with one attached hydrogen (secondary N) is 1. The Morgan fingerprint density at radius 2 is 2.04 bits per heavy atom. The number of benzene rings is 1. The normalized spacial score (nSPS) is 20.0. The van der Waals surface area contributed by atoms with Crippen LogP contribution in [-0.4, -0.2) is 51.2 Å². The largest absolute Gasteiger partial charge is 0.336 e. The zero-order valence-electron chi connectivity index (χ0n) is 15.3. The Balaban J connectivity index is 1.47. The van der Waals surface area contributed by atoms with Crippen LogP contribution in [0.2, 0.25) is 0 Å². The van der Waals surface area contributed by atoms with Gasteiger partial charge in [0.25, 0.3) is 5.91 Å². The minimum atomic E-state index is 0.117. The van der Waals surface area contributed by atoms with Crippen molar-refractivity contribution in [3.05, 3.63) is 52.8 Å². The standard InChI is InChI=1S/C20H26N4OS/c1-23-18-8-7-16(21-14-15-5-3-2-4-6-15)13-17(18)19(22-23)20(25)24-9-11-26-12-10-24/h2-6,16,21H,7-14H2,1H3/t16-/m0/s1. The molecule has 0 saturated carbocycles. The number of nitrogens with zero attached hydrogens (tertiary/aromatic N) is 3. The second-order valence-electron chi connectivity index (χ2n) is 7.11. The van der Waals surface area contributed by atoms with Crippen LogP contribution in [0.4, 0.5) is 0 Å². The smallest absolute Gasteiger partial charge is 0.274 e. The number of amides is 1. The zero-order chi connectivity index (χ0) is 17.9. The molecule has 0 radical (unpaired) electrons. The summed E-state index contributed by atoms with van der Waals surface area (Å²) in [6, 6.07) is 10.9. The second-order valence-corrected chi connectivity index (χ2v) is 8.33. The molecular formula is C20H26N4OS. The number of hydrogen-bond acceptors (Lipinski definition) is 4. The Kier molecular flexibility index (Phi) is 5.31. The molecule has 0 unspecified atom stereocenters. The zero-order valence-corrected chi connectivity index (χ0v) is 16.1. The topological polar surface area (TPSA) is 50.2 Å². The predicted octanol–water partition coefficient (Wildman–Crippen LogP) is 2.26. The third-order valence-electron chi connectivity index (χ3n) is 5.39. The van der Waals surface area contributed by atoms with Crippen molar-refractivity contribution in [1.82, 2.24) is 20.0 Å². The molecule has 4 rings (SSSR count). The summed E-state index contributed by atoms with van der Waals surface area (Å²) in [5.74, 6) is 2.18. The van der Waals surface area contributed by atoms with Gasteiger partial charge in [0.15, 0.2) is 5.69 Å². The van der Waals surface area contributed by atoms with E-state index >= 15 is 0 Å². The maximum Gasteiger partial charge on any atom is 0.274 e. The molecule has 1 aromatic carbocycles. The number of aromatic nitrogens is 2. The second kappa shape index (κ2) is 7.84. The van der Waals surface area contributed by atoms with Crippen molar-refractivity contribution in [1.29, 1.82) is 0 Å².